The lowest BCUT2D eigenvalue weighted by Crippen LogP contribution is -2.47. The largest absolute Gasteiger partial charge is 0.480 e. The zero-order valence-electron chi connectivity index (χ0n) is 23.6. The number of ether oxygens (including phenoxy) is 3. The van der Waals surface area contributed by atoms with E-state index in [4.69, 9.17) is 19.3 Å². The van der Waals surface area contributed by atoms with Gasteiger partial charge in [0.25, 0.3) is 0 Å². The van der Waals surface area contributed by atoms with Crippen molar-refractivity contribution in [2.75, 3.05) is 92.3 Å². The number of hydrogen-bond acceptors (Lipinski definition) is 14. The highest BCUT2D eigenvalue weighted by molar-refractivity contribution is 5.83. The predicted octanol–water partition coefficient (Wildman–Crippen LogP) is -4.08. The maximum atomic E-state index is 12.4. The van der Waals surface area contributed by atoms with Gasteiger partial charge < -0.3 is 40.2 Å². The molecule has 0 unspecified atom stereocenters. The first-order chi connectivity index (χ1) is 19.8. The molecule has 0 aromatic heterocycles. The second-order valence-corrected chi connectivity index (χ2v) is 9.48. The smallest absolute Gasteiger partial charge is 0.325 e. The fourth-order valence-corrected chi connectivity index (χ4v) is 3.88. The van der Waals surface area contributed by atoms with E-state index >= 15 is 0 Å². The Morgan fingerprint density at radius 2 is 1.12 bits per heavy atom. The van der Waals surface area contributed by atoms with Gasteiger partial charge in [0, 0.05) is 26.2 Å². The van der Waals surface area contributed by atoms with Gasteiger partial charge in [0.15, 0.2) is 12.2 Å². The highest BCUT2D eigenvalue weighted by Crippen LogP contribution is 2.14. The zero-order chi connectivity index (χ0) is 31.7. The van der Waals surface area contributed by atoms with Gasteiger partial charge in [-0.25, -0.2) is 0 Å². The molecule has 18 nitrogen and oxygen atoms in total. The molecule has 1 aliphatic rings. The van der Waals surface area contributed by atoms with Gasteiger partial charge in [-0.2, -0.15) is 0 Å². The van der Waals surface area contributed by atoms with Crippen molar-refractivity contribution in [2.24, 2.45) is 0 Å². The van der Waals surface area contributed by atoms with E-state index in [9.17, 15) is 43.8 Å². The molecule has 18 heteroatoms. The Balaban J connectivity index is 2.64. The molecule has 238 valence electrons. The third-order valence-corrected chi connectivity index (χ3v) is 5.65. The first kappa shape index (κ1) is 36.3. The van der Waals surface area contributed by atoms with Crippen LogP contribution in [0.3, 0.4) is 0 Å². The minimum absolute atomic E-state index is 0.000755. The molecule has 1 heterocycles. The summed E-state index contributed by atoms with van der Waals surface area (Å²) in [6.07, 6.45) is -1.66. The molecule has 0 aliphatic carbocycles. The van der Waals surface area contributed by atoms with Crippen LogP contribution in [-0.2, 0) is 47.8 Å². The van der Waals surface area contributed by atoms with E-state index in [1.807, 2.05) is 0 Å². The van der Waals surface area contributed by atoms with Gasteiger partial charge in [0.1, 0.15) is 12.3 Å². The van der Waals surface area contributed by atoms with Crippen LogP contribution in [0.25, 0.3) is 0 Å². The normalized spacial score (nSPS) is 16.4. The molecule has 0 bridgehead atoms. The van der Waals surface area contributed by atoms with Crippen LogP contribution >= 0.6 is 0 Å². The number of carboxylic acid groups (broad SMARTS) is 3. The number of carbonyl (C=O) groups is 7. The Labute approximate surface area is 241 Å². The number of carboxylic acids is 3. The molecule has 42 heavy (non-hydrogen) atoms. The van der Waals surface area contributed by atoms with Crippen molar-refractivity contribution in [1.29, 1.82) is 0 Å². The summed E-state index contributed by atoms with van der Waals surface area (Å²) in [5.74, 6) is -5.95. The van der Waals surface area contributed by atoms with Crippen LogP contribution in [0.1, 0.15) is 6.92 Å². The lowest BCUT2D eigenvalue weighted by molar-refractivity contribution is -0.162. The number of amides is 1. The molecule has 1 amide bonds. The Morgan fingerprint density at radius 3 is 1.57 bits per heavy atom. The number of esters is 2. The minimum Gasteiger partial charge on any atom is -0.480 e. The van der Waals surface area contributed by atoms with Gasteiger partial charge in [-0.1, -0.05) is 0 Å². The van der Waals surface area contributed by atoms with Gasteiger partial charge >= 0.3 is 29.8 Å². The van der Waals surface area contributed by atoms with Crippen LogP contribution in [0.15, 0.2) is 0 Å². The second kappa shape index (κ2) is 19.4. The zero-order valence-corrected chi connectivity index (χ0v) is 23.6. The molecular formula is C24H39N5O13. The maximum Gasteiger partial charge on any atom is 0.325 e. The van der Waals surface area contributed by atoms with E-state index in [1.165, 1.54) is 21.6 Å². The van der Waals surface area contributed by atoms with Crippen molar-refractivity contribution in [3.8, 4) is 0 Å². The number of nitrogens with one attached hydrogen (secondary N) is 2. The average Bonchev–Trinajstić information content (AvgIpc) is 3.28. The van der Waals surface area contributed by atoms with Crippen LogP contribution in [0, 0.1) is 0 Å². The van der Waals surface area contributed by atoms with E-state index in [0.29, 0.717) is 0 Å². The summed E-state index contributed by atoms with van der Waals surface area (Å²) >= 11 is 0. The van der Waals surface area contributed by atoms with Gasteiger partial charge in [0.05, 0.1) is 52.5 Å². The SMILES string of the molecule is CNCC(=O)O[C@H]1COC[C@H]1OC(=O)CNC(=O)CN(CCN(CCN(CC(C)=O)CC(=O)O)CC(=O)O)CC(=O)O. The molecule has 0 spiro atoms. The Kier molecular flexibility index (Phi) is 16.8. The molecule has 0 aromatic carbocycles. The molecule has 0 saturated carbocycles. The number of ketones is 1. The van der Waals surface area contributed by atoms with Crippen LogP contribution < -0.4 is 10.6 Å². The molecule has 5 N–H and O–H groups in total. The van der Waals surface area contributed by atoms with Crippen molar-refractivity contribution in [3.63, 3.8) is 0 Å². The third-order valence-electron chi connectivity index (χ3n) is 5.65. The van der Waals surface area contributed by atoms with Crippen LogP contribution in [0.4, 0.5) is 0 Å². The number of hydrogen-bond donors (Lipinski definition) is 5. The van der Waals surface area contributed by atoms with Crippen LogP contribution in [0.5, 0.6) is 0 Å². The Bertz CT molecular complexity index is 947. The van der Waals surface area contributed by atoms with Crippen molar-refractivity contribution >= 4 is 41.5 Å². The first-order valence-electron chi connectivity index (χ1n) is 13.0. The molecule has 1 rings (SSSR count). The lowest BCUT2D eigenvalue weighted by atomic mass is 10.2. The van der Waals surface area contributed by atoms with Gasteiger partial charge in [-0.3, -0.25) is 48.3 Å². The summed E-state index contributed by atoms with van der Waals surface area (Å²) in [6, 6.07) is 0. The van der Waals surface area contributed by atoms with Crippen molar-refractivity contribution < 1.29 is 63.1 Å². The third kappa shape index (κ3) is 16.5. The van der Waals surface area contributed by atoms with Crippen LogP contribution in [-0.4, -0.2) is 176 Å². The van der Waals surface area contributed by atoms with E-state index in [1.54, 1.807) is 7.05 Å². The quantitative estimate of drug-likeness (QED) is 0.0737. The number of aliphatic carboxylic acids is 3. The highest BCUT2D eigenvalue weighted by atomic mass is 16.6. The highest BCUT2D eigenvalue weighted by Gasteiger charge is 2.34. The number of rotatable bonds is 22. The Hall–Kier alpha value is -3.71. The summed E-state index contributed by atoms with van der Waals surface area (Å²) in [4.78, 5) is 85.5. The minimum atomic E-state index is -1.25. The summed E-state index contributed by atoms with van der Waals surface area (Å²) in [7, 11) is 1.56. The molecule has 1 saturated heterocycles. The van der Waals surface area contributed by atoms with E-state index in [0.717, 1.165) is 0 Å². The van der Waals surface area contributed by atoms with Gasteiger partial charge in [0.2, 0.25) is 5.91 Å². The topological polar surface area (TPSA) is 242 Å². The summed E-state index contributed by atoms with van der Waals surface area (Å²) < 4.78 is 15.6. The molecular weight excluding hydrogens is 566 g/mol. The van der Waals surface area contributed by atoms with Crippen molar-refractivity contribution in [3.05, 3.63) is 0 Å². The van der Waals surface area contributed by atoms with E-state index < -0.39 is 80.7 Å². The second-order valence-electron chi connectivity index (χ2n) is 9.48. The number of Topliss-reactive ketones (excluding diaryl/α,β-unsaturated/α-hetero) is 1. The van der Waals surface area contributed by atoms with E-state index in [2.05, 4.69) is 10.6 Å². The van der Waals surface area contributed by atoms with Gasteiger partial charge in [-0.05, 0) is 14.0 Å². The molecule has 0 aromatic rings. The molecule has 0 radical (unpaired) electrons. The van der Waals surface area contributed by atoms with Crippen molar-refractivity contribution in [1.82, 2.24) is 25.3 Å². The molecule has 1 aliphatic heterocycles. The standard InChI is InChI=1S/C24H39N5O13/c1-16(30)9-28(12-21(34)35)5-3-27(11-20(32)33)4-6-29(13-22(36)37)10-19(31)26-8-24(39)42-18-15-40-14-17(18)41-23(38)7-25-2/h17-18,25H,3-15H2,1-2H3,(H,26,31)(H,32,33)(H,34,35)(H,36,37)/t17-,18+/m0/s1. The summed E-state index contributed by atoms with van der Waals surface area (Å²) in [5, 5.41) is 32.5. The Morgan fingerprint density at radius 1 is 0.690 bits per heavy atom. The fourth-order valence-electron chi connectivity index (χ4n) is 3.88. The van der Waals surface area contributed by atoms with Crippen LogP contribution in [0.2, 0.25) is 0 Å². The number of nitrogens with zero attached hydrogens (tertiary/aromatic N) is 3. The van der Waals surface area contributed by atoms with E-state index in [-0.39, 0.29) is 58.3 Å². The first-order valence-corrected chi connectivity index (χ1v) is 13.0. The lowest BCUT2D eigenvalue weighted by Gasteiger charge is -2.27. The van der Waals surface area contributed by atoms with Gasteiger partial charge in [-0.15, -0.1) is 0 Å². The predicted molar refractivity (Wildman–Crippen MR) is 140 cm³/mol. The average molecular weight is 606 g/mol. The molecule has 1 fully saturated rings. The summed E-state index contributed by atoms with van der Waals surface area (Å²) in [6.45, 7) is -1.21. The number of likely N-dealkylation sites (N-methyl/N-ethyl adjacent to an activating group) is 1. The fraction of sp³-hybridized carbons (Fsp3) is 0.708. The molecule has 2 atom stereocenters. The van der Waals surface area contributed by atoms with Crippen molar-refractivity contribution in [2.45, 2.75) is 19.1 Å². The summed E-state index contributed by atoms with van der Waals surface area (Å²) in [5.41, 5.74) is 0. The number of carbonyl (C=O) groups excluding carboxylic acids is 4. The maximum absolute atomic E-state index is 12.4. The monoisotopic (exact) mass is 605 g/mol.